The molecule has 0 aromatic heterocycles. The first kappa shape index (κ1) is 52.6. The molecule has 0 spiro atoms. The average Bonchev–Trinajstić information content (AvgIpc) is 3.31. The molecular weight excluding hydrogens is 912 g/mol. The van der Waals surface area contributed by atoms with Gasteiger partial charge >= 0.3 is 0 Å². The zero-order chi connectivity index (χ0) is 48.0. The summed E-state index contributed by atoms with van der Waals surface area (Å²) in [7, 11) is 0. The van der Waals surface area contributed by atoms with Gasteiger partial charge in [0, 0.05) is 0 Å². The molecule has 7 heterocycles. The highest BCUT2D eigenvalue weighted by molar-refractivity contribution is 5.01. The van der Waals surface area contributed by atoms with Gasteiger partial charge in [0.25, 0.3) is 0 Å². The quantitative estimate of drug-likeness (QED) is 0.117. The topological polar surface area (TPSA) is 475 Å². The van der Waals surface area contributed by atoms with Gasteiger partial charge in [0.2, 0.25) is 0 Å². The van der Waals surface area contributed by atoms with E-state index in [4.69, 9.17) is 56.8 Å². The van der Waals surface area contributed by atoms with Crippen LogP contribution >= 0.6 is 0 Å². The van der Waals surface area contributed by atoms with Gasteiger partial charge in [-0.3, -0.25) is 0 Å². The van der Waals surface area contributed by atoms with Crippen LogP contribution in [0.5, 0.6) is 0 Å². The van der Waals surface area contributed by atoms with Crippen LogP contribution in [-0.4, -0.2) is 316 Å². The van der Waals surface area contributed by atoms with Gasteiger partial charge in [0.1, 0.15) is 146 Å². The van der Waals surface area contributed by atoms with Gasteiger partial charge in [-0.15, -0.1) is 0 Å². The number of aliphatic hydroxyl groups is 18. The van der Waals surface area contributed by atoms with Crippen molar-refractivity contribution in [1.29, 1.82) is 0 Å². The van der Waals surface area contributed by atoms with Crippen LogP contribution in [0.3, 0.4) is 0 Å². The Kier molecular flexibility index (Phi) is 17.6. The highest BCUT2D eigenvalue weighted by Crippen LogP contribution is 2.39. The minimum absolute atomic E-state index is 1.01. The molecule has 0 amide bonds. The summed E-state index contributed by atoms with van der Waals surface area (Å²) in [5, 5.41) is 196. The Balaban J connectivity index is 1.38. The van der Waals surface area contributed by atoms with Gasteiger partial charge in [-0.25, -0.2) is 0 Å². The molecule has 384 valence electrons. The smallest absolute Gasteiger partial charge is 0.187 e. The number of aliphatic hydroxyl groups excluding tert-OH is 18. The van der Waals surface area contributed by atoms with Crippen LogP contribution in [0.25, 0.3) is 0 Å². The molecular formula is C36H60O30. The second-order valence-electron chi connectivity index (χ2n) is 16.8. The molecule has 7 saturated heterocycles. The lowest BCUT2D eigenvalue weighted by atomic mass is 9.95. The second-order valence-corrected chi connectivity index (χ2v) is 16.8. The molecule has 0 aliphatic carbocycles. The zero-order valence-corrected chi connectivity index (χ0v) is 34.5. The molecule has 30 heteroatoms. The van der Waals surface area contributed by atoms with Crippen LogP contribution in [0.4, 0.5) is 0 Å². The Morgan fingerprint density at radius 2 is 0.303 bits per heavy atom. The van der Waals surface area contributed by atoms with E-state index in [9.17, 15) is 91.9 Å². The van der Waals surface area contributed by atoms with Gasteiger partial charge < -0.3 is 149 Å². The zero-order valence-electron chi connectivity index (χ0n) is 34.5. The van der Waals surface area contributed by atoms with Crippen LogP contribution in [0.15, 0.2) is 0 Å². The molecule has 0 radical (unpaired) electrons. The molecule has 30 nitrogen and oxygen atoms in total. The number of hydrogen-bond donors (Lipinski definition) is 18. The standard InChI is InChI=1S/C36H60O30/c37-1-7-13(43)19(49)25-31(55-7)61-26-20(50)14(44)8(2-38)56-32(26)63-28-22(52)16(46)10(4-40)58-34(28)65-30-24(54)18(48)12(6-42)60-36(30)66-29-23(53)17(47)11(5-41)59-35(29)64-27-21(51)15(45)9(3-39)57-33(27)62-25/h7-54H,1-6H2/t7-,8-,9-,10-,11-,12-,13-,14-,15-,16-,17-,18-,19+,20+,21+,22+,23+,24+,25-,26-,27-,28-,29-,30-,31+,32+,33+,34+,35+,36+/m1/s1. The summed E-state index contributed by atoms with van der Waals surface area (Å²) >= 11 is 0. The van der Waals surface area contributed by atoms with E-state index in [1.54, 1.807) is 0 Å². The third kappa shape index (κ3) is 10.0. The van der Waals surface area contributed by atoms with Crippen molar-refractivity contribution in [3.63, 3.8) is 0 Å². The fraction of sp³-hybridized carbons (Fsp3) is 1.00. The molecule has 66 heavy (non-hydrogen) atoms. The molecule has 7 aliphatic rings. The molecule has 7 aliphatic heterocycles. The van der Waals surface area contributed by atoms with E-state index >= 15 is 0 Å². The van der Waals surface area contributed by atoms with Crippen LogP contribution < -0.4 is 0 Å². The van der Waals surface area contributed by atoms with E-state index in [-0.39, 0.29) is 0 Å². The summed E-state index contributed by atoms with van der Waals surface area (Å²) in [5.41, 5.74) is 0. The highest BCUT2D eigenvalue weighted by atomic mass is 16.8. The lowest BCUT2D eigenvalue weighted by molar-refractivity contribution is -0.430. The lowest BCUT2D eigenvalue weighted by Crippen LogP contribution is -2.70. The van der Waals surface area contributed by atoms with Crippen LogP contribution in [0, 0.1) is 0 Å². The van der Waals surface area contributed by atoms with Crippen LogP contribution in [-0.2, 0) is 56.8 Å². The molecule has 0 aromatic carbocycles. The summed E-state index contributed by atoms with van der Waals surface area (Å²) in [5.74, 6) is 0. The van der Waals surface area contributed by atoms with Crippen molar-refractivity contribution in [3.8, 4) is 0 Å². The van der Waals surface area contributed by atoms with Crippen molar-refractivity contribution in [2.45, 2.75) is 184 Å². The van der Waals surface area contributed by atoms with Gasteiger partial charge in [0.05, 0.1) is 39.6 Å². The maximum Gasteiger partial charge on any atom is 0.187 e. The summed E-state index contributed by atoms with van der Waals surface area (Å²) in [6.07, 6.45) is -61.3. The van der Waals surface area contributed by atoms with E-state index in [0.29, 0.717) is 0 Å². The van der Waals surface area contributed by atoms with Crippen LogP contribution in [0.2, 0.25) is 0 Å². The third-order valence-electron chi connectivity index (χ3n) is 12.7. The fourth-order valence-electron chi connectivity index (χ4n) is 8.79. The summed E-state index contributed by atoms with van der Waals surface area (Å²) < 4.78 is 70.6. The molecule has 7 fully saturated rings. The van der Waals surface area contributed by atoms with Gasteiger partial charge in [-0.1, -0.05) is 0 Å². The molecule has 30 atom stereocenters. The molecule has 0 unspecified atom stereocenters. The first-order chi connectivity index (χ1) is 31.4. The predicted octanol–water partition coefficient (Wildman–Crippen LogP) is -13.1. The minimum atomic E-state index is -2.19. The molecule has 0 saturated carbocycles. The van der Waals surface area contributed by atoms with Crippen molar-refractivity contribution < 1.29 is 149 Å². The fourth-order valence-corrected chi connectivity index (χ4v) is 8.79. The van der Waals surface area contributed by atoms with Crippen molar-refractivity contribution in [2.24, 2.45) is 0 Å². The van der Waals surface area contributed by atoms with Gasteiger partial charge in [-0.2, -0.15) is 0 Å². The Labute approximate surface area is 372 Å². The van der Waals surface area contributed by atoms with E-state index in [0.717, 1.165) is 0 Å². The van der Waals surface area contributed by atoms with E-state index < -0.39 is 224 Å². The monoisotopic (exact) mass is 972 g/mol. The third-order valence-corrected chi connectivity index (χ3v) is 12.7. The summed E-state index contributed by atoms with van der Waals surface area (Å²) in [6.45, 7) is -6.04. The normalized spacial score (nSPS) is 55.4. The Hall–Kier alpha value is -1.20. The SMILES string of the molecule is OC[C@H]1O[C@H]2O[C@H]3[C@H](O[C@H]4[C@H](O[C@H]5[C@H](O[C@H]6[C@H](O[C@H]7[C@H](O[C@@H]2[C@@H](O)[C@@H]1O)O[C@H](CO)[C@@H](O)[C@@H]7O)O[C@H](CO)[C@@H](O)[C@@H]6O)O[C@H](CO)[C@@H](O)[C@@H]5O)O[C@H](CO)[C@@H](O)[C@@H]4O)O[C@H](CO)[C@@H](O)[C@@H]3O. The molecule has 7 rings (SSSR count). The van der Waals surface area contributed by atoms with Crippen molar-refractivity contribution in [3.05, 3.63) is 0 Å². The average molecular weight is 973 g/mol. The minimum Gasteiger partial charge on any atom is -0.394 e. The number of ether oxygens (including phenoxy) is 12. The van der Waals surface area contributed by atoms with Crippen molar-refractivity contribution in [2.75, 3.05) is 39.6 Å². The predicted molar refractivity (Wildman–Crippen MR) is 196 cm³/mol. The first-order valence-electron chi connectivity index (χ1n) is 21.1. The Bertz CT molecular complexity index is 1250. The number of fused-ring (bicyclic) bond motifs is 6. The maximum absolute atomic E-state index is 11.5. The van der Waals surface area contributed by atoms with Gasteiger partial charge in [0.15, 0.2) is 37.7 Å². The summed E-state index contributed by atoms with van der Waals surface area (Å²) in [4.78, 5) is 0. The number of hydrogen-bond acceptors (Lipinski definition) is 30. The molecule has 0 bridgehead atoms. The summed E-state index contributed by atoms with van der Waals surface area (Å²) in [6, 6.07) is 0. The van der Waals surface area contributed by atoms with E-state index in [1.165, 1.54) is 0 Å². The first-order valence-corrected chi connectivity index (χ1v) is 21.1. The number of rotatable bonds is 6. The highest BCUT2D eigenvalue weighted by Gasteiger charge is 2.60. The van der Waals surface area contributed by atoms with Crippen molar-refractivity contribution >= 4 is 0 Å². The van der Waals surface area contributed by atoms with Crippen LogP contribution in [0.1, 0.15) is 0 Å². The lowest BCUT2D eigenvalue weighted by Gasteiger charge is -2.52. The molecule has 18 N–H and O–H groups in total. The van der Waals surface area contributed by atoms with Crippen molar-refractivity contribution in [1.82, 2.24) is 0 Å². The second kappa shape index (κ2) is 22.1. The Morgan fingerprint density at radius 1 is 0.182 bits per heavy atom. The van der Waals surface area contributed by atoms with E-state index in [1.807, 2.05) is 0 Å². The maximum atomic E-state index is 11.5. The Morgan fingerprint density at radius 3 is 0.409 bits per heavy atom. The molecule has 0 aromatic rings. The largest absolute Gasteiger partial charge is 0.394 e. The van der Waals surface area contributed by atoms with Gasteiger partial charge in [-0.05, 0) is 0 Å². The van der Waals surface area contributed by atoms with E-state index in [2.05, 4.69) is 0 Å².